The van der Waals surface area contributed by atoms with Gasteiger partial charge in [0.15, 0.2) is 0 Å². The van der Waals surface area contributed by atoms with Crippen LogP contribution in [0.25, 0.3) is 5.70 Å². The maximum absolute atomic E-state index is 11.3. The van der Waals surface area contributed by atoms with Gasteiger partial charge in [-0.05, 0) is 25.3 Å². The van der Waals surface area contributed by atoms with E-state index in [1.165, 1.54) is 4.90 Å². The predicted molar refractivity (Wildman–Crippen MR) is 71.9 cm³/mol. The second-order valence-electron chi connectivity index (χ2n) is 4.64. The number of amides is 1. The first-order valence-electron chi connectivity index (χ1n) is 6.41. The fraction of sp³-hybridized carbons (Fsp3) is 0.429. The van der Waals surface area contributed by atoms with Crippen LogP contribution in [0.4, 0.5) is 4.79 Å². The number of allylic oxidation sites excluding steroid dienone is 1. The van der Waals surface area contributed by atoms with E-state index in [0.29, 0.717) is 30.6 Å². The van der Waals surface area contributed by atoms with E-state index >= 15 is 0 Å². The van der Waals surface area contributed by atoms with Crippen LogP contribution in [-0.4, -0.2) is 34.2 Å². The van der Waals surface area contributed by atoms with E-state index < -0.39 is 6.09 Å². The topological polar surface area (TPSA) is 62.7 Å². The predicted octanol–water partition coefficient (Wildman–Crippen LogP) is 2.84. The van der Waals surface area contributed by atoms with E-state index in [1.54, 1.807) is 18.3 Å². The average Bonchev–Trinajstić information content (AvgIpc) is 2.39. The largest absolute Gasteiger partial charge is 0.478 e. The summed E-state index contributed by atoms with van der Waals surface area (Å²) in [6, 6.07) is 3.58. The summed E-state index contributed by atoms with van der Waals surface area (Å²) < 4.78 is 5.35. The number of nitrogens with zero attached hydrogens (tertiary/aromatic N) is 2. The van der Waals surface area contributed by atoms with Crippen LogP contribution in [-0.2, 0) is 0 Å². The smallest absolute Gasteiger partial charge is 0.411 e. The highest BCUT2D eigenvalue weighted by Gasteiger charge is 2.24. The van der Waals surface area contributed by atoms with Crippen LogP contribution in [0, 0.1) is 5.92 Å². The van der Waals surface area contributed by atoms with Crippen molar-refractivity contribution >= 4 is 11.8 Å². The molecule has 0 saturated carbocycles. The normalized spacial score (nSPS) is 18.9. The number of hydrogen-bond donors (Lipinski definition) is 1. The van der Waals surface area contributed by atoms with Crippen LogP contribution in [0.15, 0.2) is 24.4 Å². The number of carbonyl (C=O) groups is 1. The Morgan fingerprint density at radius 2 is 2.42 bits per heavy atom. The van der Waals surface area contributed by atoms with Gasteiger partial charge < -0.3 is 9.84 Å². The maximum Gasteiger partial charge on any atom is 0.411 e. The summed E-state index contributed by atoms with van der Waals surface area (Å²) in [4.78, 5) is 16.8. The van der Waals surface area contributed by atoms with Gasteiger partial charge in [0.1, 0.15) is 0 Å². The lowest BCUT2D eigenvalue weighted by Crippen LogP contribution is -2.34. The first-order valence-corrected chi connectivity index (χ1v) is 6.41. The third-order valence-electron chi connectivity index (χ3n) is 3.05. The SMILES string of the molecule is CCOc1cc(C2=CCC(C)CN2C(=O)O)ccn1. The van der Waals surface area contributed by atoms with Crippen molar-refractivity contribution in [1.82, 2.24) is 9.88 Å². The highest BCUT2D eigenvalue weighted by Crippen LogP contribution is 2.28. The quantitative estimate of drug-likeness (QED) is 0.909. The third-order valence-corrected chi connectivity index (χ3v) is 3.05. The highest BCUT2D eigenvalue weighted by molar-refractivity contribution is 5.81. The Morgan fingerprint density at radius 1 is 1.63 bits per heavy atom. The zero-order valence-electron chi connectivity index (χ0n) is 11.2. The number of rotatable bonds is 3. The molecule has 1 aliphatic rings. The summed E-state index contributed by atoms with van der Waals surface area (Å²) in [7, 11) is 0. The molecule has 0 bridgehead atoms. The van der Waals surface area contributed by atoms with Gasteiger partial charge in [0.2, 0.25) is 5.88 Å². The lowest BCUT2D eigenvalue weighted by Gasteiger charge is -2.30. The van der Waals surface area contributed by atoms with Crippen LogP contribution in [0.1, 0.15) is 25.8 Å². The number of ether oxygens (including phenoxy) is 1. The van der Waals surface area contributed by atoms with E-state index in [9.17, 15) is 9.90 Å². The van der Waals surface area contributed by atoms with Crippen molar-refractivity contribution in [3.63, 3.8) is 0 Å². The minimum atomic E-state index is -0.924. The summed E-state index contributed by atoms with van der Waals surface area (Å²) >= 11 is 0. The zero-order valence-corrected chi connectivity index (χ0v) is 11.2. The zero-order chi connectivity index (χ0) is 13.8. The molecule has 2 heterocycles. The lowest BCUT2D eigenvalue weighted by atomic mass is 9.99. The van der Waals surface area contributed by atoms with Gasteiger partial charge in [-0.2, -0.15) is 0 Å². The Balaban J connectivity index is 2.32. The molecule has 2 rings (SSSR count). The summed E-state index contributed by atoms with van der Waals surface area (Å²) in [5, 5.41) is 9.30. The molecule has 0 aliphatic carbocycles. The summed E-state index contributed by atoms with van der Waals surface area (Å²) in [6.45, 7) is 4.99. The Bertz CT molecular complexity index is 499. The fourth-order valence-corrected chi connectivity index (χ4v) is 2.16. The molecule has 5 heteroatoms. The molecule has 0 spiro atoms. The van der Waals surface area contributed by atoms with Crippen molar-refractivity contribution in [2.75, 3.05) is 13.2 Å². The van der Waals surface area contributed by atoms with Gasteiger partial charge in [0.25, 0.3) is 0 Å². The third kappa shape index (κ3) is 3.05. The van der Waals surface area contributed by atoms with Crippen LogP contribution in [0.2, 0.25) is 0 Å². The molecular formula is C14H18N2O3. The number of hydrogen-bond acceptors (Lipinski definition) is 3. The van der Waals surface area contributed by atoms with Crippen molar-refractivity contribution in [1.29, 1.82) is 0 Å². The Morgan fingerprint density at radius 3 is 3.11 bits per heavy atom. The van der Waals surface area contributed by atoms with Crippen molar-refractivity contribution in [3.8, 4) is 5.88 Å². The van der Waals surface area contributed by atoms with E-state index in [0.717, 1.165) is 12.0 Å². The molecule has 0 saturated heterocycles. The number of carboxylic acid groups (broad SMARTS) is 1. The minimum Gasteiger partial charge on any atom is -0.478 e. The van der Waals surface area contributed by atoms with Gasteiger partial charge in [0.05, 0.1) is 12.3 Å². The van der Waals surface area contributed by atoms with Crippen LogP contribution >= 0.6 is 0 Å². The molecule has 0 radical (unpaired) electrons. The average molecular weight is 262 g/mol. The van der Waals surface area contributed by atoms with E-state index in [2.05, 4.69) is 4.98 Å². The fourth-order valence-electron chi connectivity index (χ4n) is 2.16. The van der Waals surface area contributed by atoms with Crippen molar-refractivity contribution in [3.05, 3.63) is 30.0 Å². The van der Waals surface area contributed by atoms with E-state index in [1.807, 2.05) is 19.9 Å². The van der Waals surface area contributed by atoms with E-state index in [-0.39, 0.29) is 0 Å². The number of aromatic nitrogens is 1. The molecule has 1 amide bonds. The van der Waals surface area contributed by atoms with Crippen molar-refractivity contribution in [2.45, 2.75) is 20.3 Å². The monoisotopic (exact) mass is 262 g/mol. The Labute approximate surface area is 112 Å². The van der Waals surface area contributed by atoms with Gasteiger partial charge in [0, 0.05) is 24.4 Å². The molecule has 1 atom stereocenters. The molecule has 1 aromatic rings. The van der Waals surface area contributed by atoms with Crippen LogP contribution in [0.3, 0.4) is 0 Å². The van der Waals surface area contributed by atoms with Crippen molar-refractivity contribution in [2.24, 2.45) is 5.92 Å². The first kappa shape index (κ1) is 13.4. The molecule has 102 valence electrons. The maximum atomic E-state index is 11.3. The van der Waals surface area contributed by atoms with Crippen LogP contribution < -0.4 is 4.74 Å². The molecule has 1 aromatic heterocycles. The van der Waals surface area contributed by atoms with Gasteiger partial charge in [-0.25, -0.2) is 9.78 Å². The molecule has 0 fully saturated rings. The second kappa shape index (κ2) is 5.73. The minimum absolute atomic E-state index is 0.341. The summed E-state index contributed by atoms with van der Waals surface area (Å²) in [5.74, 6) is 0.859. The van der Waals surface area contributed by atoms with Gasteiger partial charge in [-0.1, -0.05) is 13.0 Å². The van der Waals surface area contributed by atoms with Gasteiger partial charge in [-0.15, -0.1) is 0 Å². The molecule has 1 aliphatic heterocycles. The number of pyridine rings is 1. The Hall–Kier alpha value is -2.04. The van der Waals surface area contributed by atoms with Crippen molar-refractivity contribution < 1.29 is 14.6 Å². The molecule has 0 aromatic carbocycles. The summed E-state index contributed by atoms with van der Waals surface area (Å²) in [5.41, 5.74) is 1.54. The van der Waals surface area contributed by atoms with Crippen LogP contribution in [0.5, 0.6) is 5.88 Å². The van der Waals surface area contributed by atoms with Gasteiger partial charge in [-0.3, -0.25) is 4.90 Å². The van der Waals surface area contributed by atoms with E-state index in [4.69, 9.17) is 4.74 Å². The summed E-state index contributed by atoms with van der Waals surface area (Å²) in [6.07, 6.45) is 3.56. The molecule has 1 N–H and O–H groups in total. The molecular weight excluding hydrogens is 244 g/mol. The lowest BCUT2D eigenvalue weighted by molar-refractivity contribution is 0.159. The highest BCUT2D eigenvalue weighted by atomic mass is 16.5. The standard InChI is InChI=1S/C14H18N2O3/c1-3-19-13-8-11(6-7-15-13)12-5-4-10(2)9-16(12)14(17)18/h5-8,10H,3-4,9H2,1-2H3,(H,17,18). The Kier molecular flexibility index (Phi) is 4.04. The molecule has 1 unspecified atom stereocenters. The second-order valence-corrected chi connectivity index (χ2v) is 4.64. The first-order chi connectivity index (χ1) is 9.11. The van der Waals surface area contributed by atoms with Gasteiger partial charge >= 0.3 is 6.09 Å². The molecule has 5 nitrogen and oxygen atoms in total. The molecule has 19 heavy (non-hydrogen) atoms.